The van der Waals surface area contributed by atoms with Crippen molar-refractivity contribution in [3.8, 4) is 0 Å². The van der Waals surface area contributed by atoms with Crippen LogP contribution in [0, 0.1) is 6.92 Å². The molecule has 1 aliphatic rings. The minimum Gasteiger partial charge on any atom is -0.328 e. The van der Waals surface area contributed by atoms with Crippen LogP contribution in [0.2, 0.25) is 0 Å². The highest BCUT2D eigenvalue weighted by molar-refractivity contribution is 9.10. The van der Waals surface area contributed by atoms with Crippen LogP contribution < -0.4 is 10.6 Å². The molecule has 3 nitrogen and oxygen atoms in total. The lowest BCUT2D eigenvalue weighted by Crippen LogP contribution is -2.52. The minimum atomic E-state index is -0.220. The molecule has 0 unspecified atom stereocenters. The first-order chi connectivity index (χ1) is 10.6. The third-order valence-electron chi connectivity index (χ3n) is 4.26. The minimum absolute atomic E-state index is 0.159. The maximum atomic E-state index is 12.4. The van der Waals surface area contributed by atoms with E-state index in [1.54, 1.807) is 0 Å². The Kier molecular flexibility index (Phi) is 4.21. The molecule has 1 aliphatic carbocycles. The molecule has 2 N–H and O–H groups in total. The maximum absolute atomic E-state index is 12.4. The molecule has 114 valence electrons. The predicted octanol–water partition coefficient (Wildman–Crippen LogP) is 4.96. The fourth-order valence-electron chi connectivity index (χ4n) is 2.87. The van der Waals surface area contributed by atoms with Gasteiger partial charge in [0.2, 0.25) is 0 Å². The van der Waals surface area contributed by atoms with Crippen LogP contribution in [0.1, 0.15) is 30.4 Å². The van der Waals surface area contributed by atoms with Gasteiger partial charge in [-0.3, -0.25) is 0 Å². The van der Waals surface area contributed by atoms with Crippen LogP contribution in [-0.4, -0.2) is 6.03 Å². The van der Waals surface area contributed by atoms with Crippen LogP contribution in [0.5, 0.6) is 0 Å². The van der Waals surface area contributed by atoms with Gasteiger partial charge in [-0.2, -0.15) is 0 Å². The van der Waals surface area contributed by atoms with Gasteiger partial charge in [0.05, 0.1) is 11.2 Å². The zero-order chi connectivity index (χ0) is 15.6. The second-order valence-electron chi connectivity index (χ2n) is 5.86. The molecule has 0 heterocycles. The predicted molar refractivity (Wildman–Crippen MR) is 93.0 cm³/mol. The van der Waals surface area contributed by atoms with Crippen molar-refractivity contribution in [1.82, 2.24) is 5.32 Å². The first-order valence-electron chi connectivity index (χ1n) is 7.50. The van der Waals surface area contributed by atoms with Gasteiger partial charge in [0.25, 0.3) is 0 Å². The molecule has 0 saturated heterocycles. The number of hydrogen-bond acceptors (Lipinski definition) is 1. The molecular weight excluding hydrogens is 340 g/mol. The molecular formula is C18H19BrN2O. The molecule has 2 aromatic rings. The van der Waals surface area contributed by atoms with Crippen LogP contribution in [0.4, 0.5) is 10.5 Å². The zero-order valence-corrected chi connectivity index (χ0v) is 14.1. The van der Waals surface area contributed by atoms with Crippen molar-refractivity contribution >= 4 is 27.6 Å². The number of benzene rings is 2. The molecule has 0 radical (unpaired) electrons. The molecule has 0 spiro atoms. The van der Waals surface area contributed by atoms with Gasteiger partial charge in [-0.25, -0.2) is 4.79 Å². The quantitative estimate of drug-likeness (QED) is 0.799. The van der Waals surface area contributed by atoms with Gasteiger partial charge in [-0.1, -0.05) is 36.4 Å². The van der Waals surface area contributed by atoms with Crippen molar-refractivity contribution in [2.24, 2.45) is 0 Å². The number of amides is 2. The van der Waals surface area contributed by atoms with E-state index in [0.29, 0.717) is 0 Å². The Labute approximate surface area is 139 Å². The van der Waals surface area contributed by atoms with Gasteiger partial charge < -0.3 is 10.6 Å². The molecule has 0 atom stereocenters. The fraction of sp³-hybridized carbons (Fsp3) is 0.278. The number of carbonyl (C=O) groups is 1. The molecule has 4 heteroatoms. The number of aryl methyl sites for hydroxylation is 1. The van der Waals surface area contributed by atoms with Gasteiger partial charge in [0, 0.05) is 4.47 Å². The Morgan fingerprint density at radius 1 is 1.14 bits per heavy atom. The van der Waals surface area contributed by atoms with Crippen LogP contribution >= 0.6 is 15.9 Å². The lowest BCUT2D eigenvalue weighted by Gasteiger charge is -2.43. The highest BCUT2D eigenvalue weighted by Gasteiger charge is 2.39. The summed E-state index contributed by atoms with van der Waals surface area (Å²) in [4.78, 5) is 12.4. The van der Waals surface area contributed by atoms with Gasteiger partial charge in [-0.15, -0.1) is 0 Å². The van der Waals surface area contributed by atoms with Gasteiger partial charge >= 0.3 is 6.03 Å². The Balaban J connectivity index is 1.73. The van der Waals surface area contributed by atoms with Crippen LogP contribution in [0.25, 0.3) is 0 Å². The summed E-state index contributed by atoms with van der Waals surface area (Å²) >= 11 is 3.49. The van der Waals surface area contributed by atoms with Crippen molar-refractivity contribution in [1.29, 1.82) is 0 Å². The number of carbonyl (C=O) groups excluding carboxylic acids is 1. The van der Waals surface area contributed by atoms with E-state index < -0.39 is 0 Å². The molecule has 1 fully saturated rings. The van der Waals surface area contributed by atoms with Crippen LogP contribution in [-0.2, 0) is 5.54 Å². The molecule has 3 rings (SSSR count). The third-order valence-corrected chi connectivity index (χ3v) is 4.92. The SMILES string of the molecule is Cc1ccc(NC(=O)NC2(c3ccccc3)CCC2)c(Br)c1. The van der Waals surface area contributed by atoms with E-state index in [2.05, 4.69) is 38.7 Å². The number of halogens is 1. The first kappa shape index (κ1) is 15.1. The van der Waals surface area contributed by atoms with E-state index in [9.17, 15) is 4.79 Å². The Bertz CT molecular complexity index is 681. The van der Waals surface area contributed by atoms with Crippen molar-refractivity contribution in [2.45, 2.75) is 31.7 Å². The highest BCUT2D eigenvalue weighted by Crippen LogP contribution is 2.41. The number of nitrogens with one attached hydrogen (secondary N) is 2. The van der Waals surface area contributed by atoms with Crippen LogP contribution in [0.15, 0.2) is 53.0 Å². The largest absolute Gasteiger partial charge is 0.328 e. The Morgan fingerprint density at radius 3 is 2.45 bits per heavy atom. The summed E-state index contributed by atoms with van der Waals surface area (Å²) in [5, 5.41) is 6.10. The molecule has 0 aliphatic heterocycles. The molecule has 2 aromatic carbocycles. The Hall–Kier alpha value is -1.81. The Morgan fingerprint density at radius 2 is 1.86 bits per heavy atom. The second-order valence-corrected chi connectivity index (χ2v) is 6.72. The van der Waals surface area contributed by atoms with Gasteiger partial charge in [0.1, 0.15) is 0 Å². The van der Waals surface area contributed by atoms with E-state index in [4.69, 9.17) is 0 Å². The molecule has 22 heavy (non-hydrogen) atoms. The monoisotopic (exact) mass is 358 g/mol. The summed E-state index contributed by atoms with van der Waals surface area (Å²) < 4.78 is 0.894. The lowest BCUT2D eigenvalue weighted by atomic mass is 9.72. The van der Waals surface area contributed by atoms with E-state index in [0.717, 1.165) is 35.0 Å². The topological polar surface area (TPSA) is 41.1 Å². The number of hydrogen-bond donors (Lipinski definition) is 2. The van der Waals surface area contributed by atoms with E-state index in [1.165, 1.54) is 5.56 Å². The average molecular weight is 359 g/mol. The standard InChI is InChI=1S/C18H19BrN2O/c1-13-8-9-16(15(19)12-13)20-17(22)21-18(10-5-11-18)14-6-3-2-4-7-14/h2-4,6-9,12H,5,10-11H2,1H3,(H2,20,21,22). The molecule has 0 bridgehead atoms. The molecule has 2 amide bonds. The van der Waals surface area contributed by atoms with Crippen molar-refractivity contribution in [3.63, 3.8) is 0 Å². The summed E-state index contributed by atoms with van der Waals surface area (Å²) in [6, 6.07) is 15.9. The smallest absolute Gasteiger partial charge is 0.319 e. The van der Waals surface area contributed by atoms with E-state index >= 15 is 0 Å². The summed E-state index contributed by atoms with van der Waals surface area (Å²) in [7, 11) is 0. The van der Waals surface area contributed by atoms with Crippen molar-refractivity contribution in [3.05, 3.63) is 64.1 Å². The van der Waals surface area contributed by atoms with Crippen molar-refractivity contribution in [2.75, 3.05) is 5.32 Å². The summed E-state index contributed by atoms with van der Waals surface area (Å²) in [5.74, 6) is 0. The number of anilines is 1. The normalized spacial score (nSPS) is 15.7. The highest BCUT2D eigenvalue weighted by atomic mass is 79.9. The fourth-order valence-corrected chi connectivity index (χ4v) is 3.46. The lowest BCUT2D eigenvalue weighted by molar-refractivity contribution is 0.185. The third kappa shape index (κ3) is 3.02. The van der Waals surface area contributed by atoms with Gasteiger partial charge in [0.15, 0.2) is 0 Å². The molecule has 0 aromatic heterocycles. The zero-order valence-electron chi connectivity index (χ0n) is 12.5. The summed E-state index contributed by atoms with van der Waals surface area (Å²) in [6.45, 7) is 2.02. The number of urea groups is 1. The van der Waals surface area contributed by atoms with Crippen LogP contribution in [0.3, 0.4) is 0 Å². The second kappa shape index (κ2) is 6.13. The molecule has 1 saturated carbocycles. The van der Waals surface area contributed by atoms with E-state index in [1.807, 2.05) is 43.3 Å². The van der Waals surface area contributed by atoms with Crippen molar-refractivity contribution < 1.29 is 4.79 Å². The van der Waals surface area contributed by atoms with Gasteiger partial charge in [-0.05, 0) is 65.4 Å². The first-order valence-corrected chi connectivity index (χ1v) is 8.29. The van der Waals surface area contributed by atoms with E-state index in [-0.39, 0.29) is 11.6 Å². The summed E-state index contributed by atoms with van der Waals surface area (Å²) in [5.41, 5.74) is 2.89. The maximum Gasteiger partial charge on any atom is 0.319 e. The summed E-state index contributed by atoms with van der Waals surface area (Å²) in [6.07, 6.45) is 3.11. The average Bonchev–Trinajstić information content (AvgIpc) is 2.47. The number of rotatable bonds is 3.